The molecule has 2 aromatic carbocycles. The maximum Gasteiger partial charge on any atom is 0.407 e. The molecular formula is C21H23NO5S. The molecule has 0 radical (unpaired) electrons. The zero-order chi connectivity index (χ0) is 19.8. The highest BCUT2D eigenvalue weighted by Crippen LogP contribution is 2.44. The van der Waals surface area contributed by atoms with Crippen LogP contribution >= 0.6 is 0 Å². The molecule has 2 N–H and O–H groups in total. The van der Waals surface area contributed by atoms with Gasteiger partial charge in [-0.2, -0.15) is 0 Å². The van der Waals surface area contributed by atoms with E-state index in [0.29, 0.717) is 12.8 Å². The Bertz CT molecular complexity index is 958. The molecule has 1 heterocycles. The van der Waals surface area contributed by atoms with E-state index in [0.717, 1.165) is 22.3 Å². The third-order valence-electron chi connectivity index (χ3n) is 5.49. The van der Waals surface area contributed by atoms with Gasteiger partial charge in [0.2, 0.25) is 0 Å². The molecule has 4 rings (SSSR count). The number of aliphatic hydroxyl groups is 1. The Kier molecular flexibility index (Phi) is 4.89. The Morgan fingerprint density at radius 1 is 1.11 bits per heavy atom. The number of ether oxygens (including phenoxy) is 1. The van der Waals surface area contributed by atoms with Gasteiger partial charge in [-0.05, 0) is 35.1 Å². The predicted octanol–water partition coefficient (Wildman–Crippen LogP) is 2.46. The highest BCUT2D eigenvalue weighted by Gasteiger charge is 2.37. The van der Waals surface area contributed by atoms with Crippen molar-refractivity contribution in [3.63, 3.8) is 0 Å². The number of hydrogen-bond acceptors (Lipinski definition) is 5. The predicted molar refractivity (Wildman–Crippen MR) is 106 cm³/mol. The van der Waals surface area contributed by atoms with Crippen molar-refractivity contribution in [1.29, 1.82) is 0 Å². The summed E-state index contributed by atoms with van der Waals surface area (Å²) in [5, 5.41) is 13.0. The maximum absolute atomic E-state index is 12.2. The Balaban J connectivity index is 1.39. The van der Waals surface area contributed by atoms with Crippen molar-refractivity contribution in [2.45, 2.75) is 24.4 Å². The Morgan fingerprint density at radius 2 is 1.71 bits per heavy atom. The first-order valence-corrected chi connectivity index (χ1v) is 11.2. The van der Waals surface area contributed by atoms with E-state index in [-0.39, 0.29) is 30.6 Å². The van der Waals surface area contributed by atoms with Gasteiger partial charge in [-0.3, -0.25) is 0 Å². The fraction of sp³-hybridized carbons (Fsp3) is 0.381. The first-order valence-electron chi connectivity index (χ1n) is 9.39. The molecule has 28 heavy (non-hydrogen) atoms. The van der Waals surface area contributed by atoms with Gasteiger partial charge in [0.25, 0.3) is 0 Å². The number of rotatable bonds is 4. The van der Waals surface area contributed by atoms with Crippen LogP contribution in [0.4, 0.5) is 4.79 Å². The summed E-state index contributed by atoms with van der Waals surface area (Å²) in [5.74, 6) is -0.291. The molecule has 1 atom stereocenters. The molecule has 0 spiro atoms. The third kappa shape index (κ3) is 3.77. The number of carbonyl (C=O) groups is 1. The van der Waals surface area contributed by atoms with Gasteiger partial charge in [0, 0.05) is 5.92 Å². The van der Waals surface area contributed by atoms with Crippen molar-refractivity contribution in [2.75, 3.05) is 24.7 Å². The Hall–Kier alpha value is -2.38. The van der Waals surface area contributed by atoms with Crippen LogP contribution in [0, 0.1) is 0 Å². The largest absolute Gasteiger partial charge is 0.449 e. The minimum atomic E-state index is -3.27. The van der Waals surface area contributed by atoms with E-state index in [4.69, 9.17) is 4.74 Å². The molecular weight excluding hydrogens is 378 g/mol. The van der Waals surface area contributed by atoms with Gasteiger partial charge in [0.15, 0.2) is 9.84 Å². The topological polar surface area (TPSA) is 92.7 Å². The van der Waals surface area contributed by atoms with E-state index in [1.807, 2.05) is 36.4 Å². The fourth-order valence-corrected chi connectivity index (χ4v) is 5.99. The second-order valence-corrected chi connectivity index (χ2v) is 9.78. The van der Waals surface area contributed by atoms with Crippen LogP contribution < -0.4 is 5.32 Å². The van der Waals surface area contributed by atoms with E-state index in [9.17, 15) is 18.3 Å². The van der Waals surface area contributed by atoms with Crippen LogP contribution in [-0.4, -0.2) is 49.9 Å². The molecule has 2 aliphatic rings. The molecule has 7 heteroatoms. The number of carbonyl (C=O) groups excluding carboxylic acids is 1. The van der Waals surface area contributed by atoms with E-state index in [2.05, 4.69) is 17.4 Å². The first-order chi connectivity index (χ1) is 13.4. The van der Waals surface area contributed by atoms with Crippen molar-refractivity contribution in [2.24, 2.45) is 0 Å². The quantitative estimate of drug-likeness (QED) is 0.821. The van der Waals surface area contributed by atoms with Crippen LogP contribution in [-0.2, 0) is 14.6 Å². The molecule has 6 nitrogen and oxygen atoms in total. The summed E-state index contributed by atoms with van der Waals surface area (Å²) >= 11 is 0. The molecule has 0 bridgehead atoms. The van der Waals surface area contributed by atoms with E-state index >= 15 is 0 Å². The van der Waals surface area contributed by atoms with Crippen LogP contribution in [0.5, 0.6) is 0 Å². The zero-order valence-corrected chi connectivity index (χ0v) is 16.2. The van der Waals surface area contributed by atoms with E-state index in [1.165, 1.54) is 0 Å². The summed E-state index contributed by atoms with van der Waals surface area (Å²) in [7, 11) is -3.27. The van der Waals surface area contributed by atoms with Gasteiger partial charge in [0.1, 0.15) is 6.61 Å². The van der Waals surface area contributed by atoms with Crippen LogP contribution in [0.1, 0.15) is 29.9 Å². The van der Waals surface area contributed by atoms with Crippen LogP contribution in [0.2, 0.25) is 0 Å². The normalized spacial score (nSPS) is 22.9. The van der Waals surface area contributed by atoms with Crippen LogP contribution in [0.3, 0.4) is 0 Å². The smallest absolute Gasteiger partial charge is 0.407 e. The highest BCUT2D eigenvalue weighted by atomic mass is 32.2. The lowest BCUT2D eigenvalue weighted by molar-refractivity contribution is 0.0469. The maximum atomic E-state index is 12.2. The molecule has 2 aromatic rings. The van der Waals surface area contributed by atoms with Crippen molar-refractivity contribution in [3.05, 3.63) is 59.7 Å². The van der Waals surface area contributed by atoms with Crippen molar-refractivity contribution >= 4 is 15.9 Å². The second kappa shape index (κ2) is 7.22. The monoisotopic (exact) mass is 401 g/mol. The van der Waals surface area contributed by atoms with Crippen molar-refractivity contribution < 1.29 is 23.1 Å². The van der Waals surface area contributed by atoms with Gasteiger partial charge in [-0.15, -0.1) is 0 Å². The number of fused-ring (bicyclic) bond motifs is 3. The number of amides is 1. The van der Waals surface area contributed by atoms with Crippen molar-refractivity contribution in [1.82, 2.24) is 5.32 Å². The lowest BCUT2D eigenvalue weighted by Crippen LogP contribution is -2.50. The van der Waals surface area contributed by atoms with Crippen LogP contribution in [0.25, 0.3) is 11.1 Å². The molecule has 1 saturated heterocycles. The number of nitrogens with one attached hydrogen (secondary N) is 1. The highest BCUT2D eigenvalue weighted by molar-refractivity contribution is 7.91. The lowest BCUT2D eigenvalue weighted by atomic mass is 9.98. The minimum Gasteiger partial charge on any atom is -0.449 e. The van der Waals surface area contributed by atoms with Crippen molar-refractivity contribution in [3.8, 4) is 11.1 Å². The van der Waals surface area contributed by atoms with Gasteiger partial charge in [-0.25, -0.2) is 13.2 Å². The number of benzene rings is 2. The summed E-state index contributed by atoms with van der Waals surface area (Å²) in [6.07, 6.45) is 0.0828. The summed E-state index contributed by atoms with van der Waals surface area (Å²) < 4.78 is 28.9. The van der Waals surface area contributed by atoms with Gasteiger partial charge in [-0.1, -0.05) is 48.5 Å². The molecule has 1 unspecified atom stereocenters. The van der Waals surface area contributed by atoms with Gasteiger partial charge < -0.3 is 15.2 Å². The Morgan fingerprint density at radius 3 is 2.32 bits per heavy atom. The molecule has 148 valence electrons. The molecule has 1 aliphatic carbocycles. The SMILES string of the molecule is O=C(NCC1(O)CCCS(=O)(=O)C1)OCC1c2ccccc2-c2ccccc21. The lowest BCUT2D eigenvalue weighted by Gasteiger charge is -2.31. The zero-order valence-electron chi connectivity index (χ0n) is 15.4. The fourth-order valence-electron chi connectivity index (χ4n) is 4.20. The summed E-state index contributed by atoms with van der Waals surface area (Å²) in [4.78, 5) is 12.2. The van der Waals surface area contributed by atoms with Gasteiger partial charge >= 0.3 is 6.09 Å². The Labute approximate surface area is 164 Å². The number of hydrogen-bond donors (Lipinski definition) is 2. The molecule has 1 fully saturated rings. The average molecular weight is 401 g/mol. The third-order valence-corrected chi connectivity index (χ3v) is 7.38. The second-order valence-electron chi connectivity index (χ2n) is 7.60. The number of sulfone groups is 1. The molecule has 1 aliphatic heterocycles. The minimum absolute atomic E-state index is 0.0451. The van der Waals surface area contributed by atoms with Gasteiger partial charge in [0.05, 0.1) is 23.7 Å². The average Bonchev–Trinajstić information content (AvgIpc) is 2.98. The van der Waals surface area contributed by atoms with E-state index in [1.54, 1.807) is 0 Å². The molecule has 0 aromatic heterocycles. The summed E-state index contributed by atoms with van der Waals surface area (Å²) in [6.45, 7) is 0.0412. The first kappa shape index (κ1) is 19.0. The number of alkyl carbamates (subject to hydrolysis) is 1. The standard InChI is InChI=1S/C21H23NO5S/c23-20(22-13-21(24)10-5-11-28(25,26)14-21)27-12-19-17-8-3-1-6-15(17)16-7-2-4-9-18(16)19/h1-4,6-9,19,24H,5,10-14H2,(H,22,23). The van der Waals surface area contributed by atoms with E-state index < -0.39 is 21.5 Å². The van der Waals surface area contributed by atoms with Crippen LogP contribution in [0.15, 0.2) is 48.5 Å². The molecule has 1 amide bonds. The summed E-state index contributed by atoms with van der Waals surface area (Å²) in [6, 6.07) is 16.1. The summed E-state index contributed by atoms with van der Waals surface area (Å²) in [5.41, 5.74) is 3.10. The molecule has 0 saturated carbocycles.